The van der Waals surface area contributed by atoms with Crippen molar-refractivity contribution in [2.24, 2.45) is 0 Å². The van der Waals surface area contributed by atoms with Gasteiger partial charge in [-0.2, -0.15) is 5.10 Å². The van der Waals surface area contributed by atoms with Crippen molar-refractivity contribution in [1.82, 2.24) is 19.7 Å². The molecule has 1 N–H and O–H groups in total. The lowest BCUT2D eigenvalue weighted by Crippen LogP contribution is -2.10. The summed E-state index contributed by atoms with van der Waals surface area (Å²) in [5.41, 5.74) is 3.47. The van der Waals surface area contributed by atoms with Crippen molar-refractivity contribution in [2.75, 3.05) is 0 Å². The van der Waals surface area contributed by atoms with E-state index < -0.39 is 0 Å². The second kappa shape index (κ2) is 5.09. The van der Waals surface area contributed by atoms with E-state index in [4.69, 9.17) is 0 Å². The van der Waals surface area contributed by atoms with Gasteiger partial charge in [0.05, 0.1) is 28.3 Å². The van der Waals surface area contributed by atoms with Crippen molar-refractivity contribution in [1.29, 1.82) is 0 Å². The predicted molar refractivity (Wildman–Crippen MR) is 85.8 cm³/mol. The van der Waals surface area contributed by atoms with Gasteiger partial charge in [0, 0.05) is 18.0 Å². The predicted octanol–water partition coefficient (Wildman–Crippen LogP) is 3.21. The number of aromatic amines is 1. The van der Waals surface area contributed by atoms with E-state index in [1.54, 1.807) is 12.4 Å². The lowest BCUT2D eigenvalue weighted by atomic mass is 10.1. The van der Waals surface area contributed by atoms with E-state index in [9.17, 15) is 4.79 Å². The topological polar surface area (TPSA) is 63.6 Å². The highest BCUT2D eigenvalue weighted by Crippen LogP contribution is 2.32. The van der Waals surface area contributed by atoms with Crippen LogP contribution in [0.1, 0.15) is 37.4 Å². The van der Waals surface area contributed by atoms with Gasteiger partial charge in [0.15, 0.2) is 0 Å². The van der Waals surface area contributed by atoms with E-state index in [2.05, 4.69) is 19.7 Å². The first kappa shape index (κ1) is 13.2. The summed E-state index contributed by atoms with van der Waals surface area (Å²) in [4.78, 5) is 19.5. The number of fused-ring (bicyclic) bond motifs is 1. The van der Waals surface area contributed by atoms with E-state index in [-0.39, 0.29) is 5.56 Å². The number of hydrogen-bond acceptors (Lipinski definition) is 3. The largest absolute Gasteiger partial charge is 0.321 e. The first-order valence-electron chi connectivity index (χ1n) is 7.76. The molecule has 0 saturated heterocycles. The van der Waals surface area contributed by atoms with Crippen LogP contribution in [0.2, 0.25) is 0 Å². The lowest BCUT2D eigenvalue weighted by Gasteiger charge is -2.11. The number of H-pyrrole nitrogens is 1. The molecule has 0 bridgehead atoms. The summed E-state index contributed by atoms with van der Waals surface area (Å²) in [6.45, 7) is 1.91. The maximum absolute atomic E-state index is 12.5. The Morgan fingerprint density at radius 2 is 1.95 bits per heavy atom. The van der Waals surface area contributed by atoms with E-state index in [1.807, 2.05) is 25.1 Å². The zero-order valence-corrected chi connectivity index (χ0v) is 12.5. The molecular formula is C17H18N4O. The molecule has 0 atom stereocenters. The van der Waals surface area contributed by atoms with Crippen LogP contribution in [0.25, 0.3) is 22.2 Å². The zero-order chi connectivity index (χ0) is 15.1. The Kier molecular flexibility index (Phi) is 3.06. The zero-order valence-electron chi connectivity index (χ0n) is 12.5. The number of nitrogens with one attached hydrogen (secondary N) is 1. The Morgan fingerprint density at radius 3 is 2.68 bits per heavy atom. The van der Waals surface area contributed by atoms with Crippen molar-refractivity contribution in [3.05, 3.63) is 46.6 Å². The molecule has 22 heavy (non-hydrogen) atoms. The normalized spacial score (nSPS) is 15.7. The molecule has 3 aromatic rings. The van der Waals surface area contributed by atoms with Crippen LogP contribution in [0.5, 0.6) is 0 Å². The maximum Gasteiger partial charge on any atom is 0.259 e. The molecule has 1 fully saturated rings. The molecule has 1 aliphatic carbocycles. The van der Waals surface area contributed by atoms with Crippen LogP contribution < -0.4 is 5.56 Å². The summed E-state index contributed by atoms with van der Waals surface area (Å²) in [5, 5.41) is 5.36. The Balaban J connectivity index is 1.95. The molecule has 0 aliphatic heterocycles. The molecule has 0 amide bonds. The molecule has 0 aromatic carbocycles. The third-order valence-corrected chi connectivity index (χ3v) is 4.54. The third-order valence-electron chi connectivity index (χ3n) is 4.54. The molecule has 3 heterocycles. The number of hydrogen-bond donors (Lipinski definition) is 1. The smallest absolute Gasteiger partial charge is 0.259 e. The molecule has 5 heteroatoms. The molecule has 5 nitrogen and oxygen atoms in total. The van der Waals surface area contributed by atoms with Gasteiger partial charge in [0.2, 0.25) is 0 Å². The number of aromatic nitrogens is 4. The van der Waals surface area contributed by atoms with Crippen molar-refractivity contribution in [3.8, 4) is 11.3 Å². The van der Waals surface area contributed by atoms with Crippen LogP contribution in [0.4, 0.5) is 0 Å². The SMILES string of the molecule is Cc1nn(C2CCCC2)c2cc(-c3ccncc3)[nH]c(=O)c12. The fourth-order valence-corrected chi connectivity index (χ4v) is 3.46. The first-order valence-corrected chi connectivity index (χ1v) is 7.76. The summed E-state index contributed by atoms with van der Waals surface area (Å²) in [6.07, 6.45) is 8.24. The second-order valence-corrected chi connectivity index (χ2v) is 5.98. The van der Waals surface area contributed by atoms with Gasteiger partial charge in [-0.15, -0.1) is 0 Å². The Morgan fingerprint density at radius 1 is 1.23 bits per heavy atom. The van der Waals surface area contributed by atoms with Gasteiger partial charge in [-0.25, -0.2) is 0 Å². The van der Waals surface area contributed by atoms with Crippen LogP contribution in [-0.4, -0.2) is 19.7 Å². The minimum absolute atomic E-state index is 0.0638. The molecule has 4 rings (SSSR count). The molecule has 1 saturated carbocycles. The summed E-state index contributed by atoms with van der Waals surface area (Å²) in [7, 11) is 0. The van der Waals surface area contributed by atoms with Gasteiger partial charge < -0.3 is 4.98 Å². The van der Waals surface area contributed by atoms with Gasteiger partial charge in [-0.3, -0.25) is 14.5 Å². The van der Waals surface area contributed by atoms with E-state index in [0.29, 0.717) is 11.4 Å². The Hall–Kier alpha value is -2.43. The van der Waals surface area contributed by atoms with E-state index >= 15 is 0 Å². The Bertz CT molecular complexity index is 873. The summed E-state index contributed by atoms with van der Waals surface area (Å²) < 4.78 is 2.07. The minimum Gasteiger partial charge on any atom is -0.321 e. The van der Waals surface area contributed by atoms with Crippen LogP contribution >= 0.6 is 0 Å². The standard InChI is InChI=1S/C17H18N4O/c1-11-16-15(21(20-11)13-4-2-3-5-13)10-14(19-17(16)22)12-6-8-18-9-7-12/h6-10,13H,2-5H2,1H3,(H,19,22). The van der Waals surface area contributed by atoms with Crippen LogP contribution in [-0.2, 0) is 0 Å². The number of rotatable bonds is 2. The van der Waals surface area contributed by atoms with Gasteiger partial charge in [0.25, 0.3) is 5.56 Å². The number of nitrogens with zero attached hydrogens (tertiary/aromatic N) is 3. The summed E-state index contributed by atoms with van der Waals surface area (Å²) >= 11 is 0. The highest BCUT2D eigenvalue weighted by Gasteiger charge is 2.22. The van der Waals surface area contributed by atoms with Crippen LogP contribution in [0.3, 0.4) is 0 Å². The van der Waals surface area contributed by atoms with Gasteiger partial charge in [-0.1, -0.05) is 12.8 Å². The van der Waals surface area contributed by atoms with Gasteiger partial charge in [-0.05, 0) is 38.0 Å². The van der Waals surface area contributed by atoms with Crippen molar-refractivity contribution in [3.63, 3.8) is 0 Å². The molecular weight excluding hydrogens is 276 g/mol. The van der Waals surface area contributed by atoms with Gasteiger partial charge >= 0.3 is 0 Å². The number of pyridine rings is 2. The van der Waals surface area contributed by atoms with Crippen molar-refractivity contribution in [2.45, 2.75) is 38.6 Å². The second-order valence-electron chi connectivity index (χ2n) is 5.98. The van der Waals surface area contributed by atoms with Gasteiger partial charge in [0.1, 0.15) is 0 Å². The lowest BCUT2D eigenvalue weighted by molar-refractivity contribution is 0.479. The average Bonchev–Trinajstić information content (AvgIpc) is 3.16. The molecule has 3 aromatic heterocycles. The van der Waals surface area contributed by atoms with Crippen molar-refractivity contribution < 1.29 is 0 Å². The van der Waals surface area contributed by atoms with Crippen molar-refractivity contribution >= 4 is 10.9 Å². The van der Waals surface area contributed by atoms with E-state index in [1.165, 1.54) is 12.8 Å². The monoisotopic (exact) mass is 294 g/mol. The molecule has 0 radical (unpaired) electrons. The fourth-order valence-electron chi connectivity index (χ4n) is 3.46. The number of aryl methyl sites for hydroxylation is 1. The summed E-state index contributed by atoms with van der Waals surface area (Å²) in [5.74, 6) is 0. The third kappa shape index (κ3) is 2.04. The van der Waals surface area contributed by atoms with Crippen LogP contribution in [0.15, 0.2) is 35.4 Å². The quantitative estimate of drug-likeness (QED) is 0.789. The Labute approximate surface area is 128 Å². The first-order chi connectivity index (χ1) is 10.7. The highest BCUT2D eigenvalue weighted by atomic mass is 16.1. The molecule has 0 unspecified atom stereocenters. The molecule has 1 aliphatic rings. The average molecular weight is 294 g/mol. The molecule has 0 spiro atoms. The maximum atomic E-state index is 12.5. The van der Waals surface area contributed by atoms with Crippen LogP contribution in [0, 0.1) is 6.92 Å². The highest BCUT2D eigenvalue weighted by molar-refractivity contribution is 5.84. The summed E-state index contributed by atoms with van der Waals surface area (Å²) in [6, 6.07) is 6.27. The fraction of sp³-hybridized carbons (Fsp3) is 0.353. The van der Waals surface area contributed by atoms with E-state index in [0.717, 1.165) is 35.3 Å². The molecule has 112 valence electrons. The minimum atomic E-state index is -0.0638.